The van der Waals surface area contributed by atoms with Crippen LogP contribution in [-0.2, 0) is 17.7 Å². The molecule has 1 aromatic rings. The van der Waals surface area contributed by atoms with E-state index in [0.717, 1.165) is 17.5 Å². The quantitative estimate of drug-likeness (QED) is 0.312. The molecular formula is C24H34N6O3. The van der Waals surface area contributed by atoms with E-state index in [0.29, 0.717) is 37.4 Å². The molecule has 33 heavy (non-hydrogen) atoms. The van der Waals surface area contributed by atoms with E-state index in [1.807, 2.05) is 13.8 Å². The predicted molar refractivity (Wildman–Crippen MR) is 130 cm³/mol. The van der Waals surface area contributed by atoms with Gasteiger partial charge in [-0.25, -0.2) is 4.79 Å². The third-order valence-corrected chi connectivity index (χ3v) is 5.10. The van der Waals surface area contributed by atoms with E-state index in [2.05, 4.69) is 16.9 Å². The summed E-state index contributed by atoms with van der Waals surface area (Å²) in [5, 5.41) is 18.3. The van der Waals surface area contributed by atoms with Crippen LogP contribution < -0.4 is 5.32 Å². The molecule has 0 fully saturated rings. The average molecular weight is 455 g/mol. The molecule has 0 radical (unpaired) electrons. The van der Waals surface area contributed by atoms with Gasteiger partial charge >= 0.3 is 6.09 Å². The Bertz CT molecular complexity index is 1000. The van der Waals surface area contributed by atoms with Crippen molar-refractivity contribution in [3.8, 4) is 0 Å². The van der Waals surface area contributed by atoms with Gasteiger partial charge in [0.15, 0.2) is 0 Å². The highest BCUT2D eigenvalue weighted by Gasteiger charge is 2.23. The number of rotatable bonds is 8. The molecule has 0 atom stereocenters. The number of aromatic nitrogens is 1. The number of hydrogen-bond donors (Lipinski definition) is 3. The highest BCUT2D eigenvalue weighted by Crippen LogP contribution is 2.20. The Hall–Kier alpha value is -3.75. The molecule has 0 aromatic carbocycles. The predicted octanol–water partition coefficient (Wildman–Crippen LogP) is 3.88. The highest BCUT2D eigenvalue weighted by molar-refractivity contribution is 6.01. The summed E-state index contributed by atoms with van der Waals surface area (Å²) in [4.78, 5) is 32.0. The zero-order valence-electron chi connectivity index (χ0n) is 19.6. The van der Waals surface area contributed by atoms with Crippen molar-refractivity contribution in [2.24, 2.45) is 0 Å². The summed E-state index contributed by atoms with van der Waals surface area (Å²) in [5.74, 6) is -0.168. The molecule has 9 heteroatoms. The van der Waals surface area contributed by atoms with Crippen molar-refractivity contribution in [1.29, 1.82) is 10.8 Å². The van der Waals surface area contributed by atoms with Crippen LogP contribution in [0, 0.1) is 10.8 Å². The molecule has 2 rings (SSSR count). The van der Waals surface area contributed by atoms with Gasteiger partial charge < -0.3 is 19.9 Å². The van der Waals surface area contributed by atoms with Crippen LogP contribution in [0.5, 0.6) is 0 Å². The number of fused-ring (bicyclic) bond motifs is 1. The number of carbonyl (C=O) groups is 2. The number of nitrogens with zero attached hydrogens (tertiary/aromatic N) is 3. The molecule has 2 amide bonds. The Morgan fingerprint density at radius 1 is 1.42 bits per heavy atom. The van der Waals surface area contributed by atoms with E-state index in [1.165, 1.54) is 0 Å². The van der Waals surface area contributed by atoms with Gasteiger partial charge in [0.05, 0.1) is 12.9 Å². The molecule has 2 heterocycles. The van der Waals surface area contributed by atoms with Gasteiger partial charge in [0.2, 0.25) is 0 Å². The van der Waals surface area contributed by atoms with Crippen molar-refractivity contribution < 1.29 is 15.8 Å². The van der Waals surface area contributed by atoms with Crippen LogP contribution in [0.2, 0.25) is 0 Å². The number of ether oxygens (including phenoxy) is 1. The fraction of sp³-hybridized carbons (Fsp3) is 0.375. The van der Waals surface area contributed by atoms with Gasteiger partial charge in [-0.05, 0) is 63.0 Å². The van der Waals surface area contributed by atoms with Crippen LogP contribution in [0.3, 0.4) is 0 Å². The summed E-state index contributed by atoms with van der Waals surface area (Å²) in [6, 6.07) is 1.70. The minimum atomic E-state index is -0.399. The van der Waals surface area contributed by atoms with Crippen LogP contribution in [0.1, 0.15) is 50.7 Å². The van der Waals surface area contributed by atoms with Crippen molar-refractivity contribution >= 4 is 24.2 Å². The lowest BCUT2D eigenvalue weighted by Crippen LogP contribution is -2.36. The van der Waals surface area contributed by atoms with Crippen molar-refractivity contribution in [3.05, 3.63) is 65.2 Å². The van der Waals surface area contributed by atoms with Gasteiger partial charge in [-0.1, -0.05) is 18.7 Å². The Kier molecular flexibility index (Phi) is 9.08. The van der Waals surface area contributed by atoms with E-state index < -0.39 is 5.91 Å². The maximum Gasteiger partial charge on any atom is 0.410 e. The minimum Gasteiger partial charge on any atom is -0.450 e. The standard InChI is InChI=1S/C24H32N6O3.H2/c1-6-33-24(32)29-11-10-19-13-27-21(12-20(19)14-29)23(31)28-18(5)9-7-8-17(4)22(26)30(15-25)16(2)3;/h7-9,12-13,15-16,25-26H,5-6,10-11,14H2,1-4H3,(H,28,31);1H/b9-7-,17-8+,25-15?,26-22?;. The molecule has 0 saturated carbocycles. The third-order valence-electron chi connectivity index (χ3n) is 5.10. The maximum absolute atomic E-state index is 12.6. The Morgan fingerprint density at radius 2 is 2.15 bits per heavy atom. The van der Waals surface area contributed by atoms with E-state index in [1.54, 1.807) is 54.1 Å². The first-order chi connectivity index (χ1) is 15.7. The van der Waals surface area contributed by atoms with Crippen molar-refractivity contribution in [3.63, 3.8) is 0 Å². The number of amidine groups is 1. The first kappa shape index (κ1) is 25.5. The van der Waals surface area contributed by atoms with Crippen molar-refractivity contribution in [1.82, 2.24) is 20.1 Å². The summed E-state index contributed by atoms with van der Waals surface area (Å²) >= 11 is 0. The second-order valence-electron chi connectivity index (χ2n) is 7.88. The summed E-state index contributed by atoms with van der Waals surface area (Å²) in [6.45, 7) is 12.4. The number of carbonyl (C=O) groups excluding carboxylic acids is 2. The first-order valence-electron chi connectivity index (χ1n) is 10.8. The average Bonchev–Trinajstić information content (AvgIpc) is 2.78. The van der Waals surface area contributed by atoms with Crippen molar-refractivity contribution in [2.45, 2.75) is 46.7 Å². The van der Waals surface area contributed by atoms with Gasteiger partial charge in [0.25, 0.3) is 5.91 Å². The summed E-state index contributed by atoms with van der Waals surface area (Å²) in [7, 11) is 0. The second kappa shape index (κ2) is 11.8. The first-order valence-corrected chi connectivity index (χ1v) is 10.8. The number of amides is 2. The fourth-order valence-corrected chi connectivity index (χ4v) is 3.25. The smallest absolute Gasteiger partial charge is 0.410 e. The molecule has 0 aliphatic carbocycles. The normalized spacial score (nSPS) is 13.5. The molecular weight excluding hydrogens is 420 g/mol. The lowest BCUT2D eigenvalue weighted by Gasteiger charge is -2.28. The maximum atomic E-state index is 12.6. The van der Waals surface area contributed by atoms with Crippen LogP contribution >= 0.6 is 0 Å². The highest BCUT2D eigenvalue weighted by atomic mass is 16.6. The van der Waals surface area contributed by atoms with E-state index in [-0.39, 0.29) is 25.1 Å². The lowest BCUT2D eigenvalue weighted by atomic mass is 10.0. The number of allylic oxidation sites excluding steroid dienone is 3. The number of pyridine rings is 1. The summed E-state index contributed by atoms with van der Waals surface area (Å²) < 4.78 is 5.07. The zero-order chi connectivity index (χ0) is 24.5. The van der Waals surface area contributed by atoms with Gasteiger partial charge in [-0.3, -0.25) is 20.6 Å². The van der Waals surface area contributed by atoms with Gasteiger partial charge in [-0.15, -0.1) is 0 Å². The van der Waals surface area contributed by atoms with Crippen LogP contribution in [-0.4, -0.2) is 58.2 Å². The number of nitrogens with one attached hydrogen (secondary N) is 3. The molecule has 1 aromatic heterocycles. The molecule has 0 bridgehead atoms. The summed E-state index contributed by atoms with van der Waals surface area (Å²) in [5.41, 5.74) is 3.16. The molecule has 0 spiro atoms. The van der Waals surface area contributed by atoms with E-state index >= 15 is 0 Å². The van der Waals surface area contributed by atoms with E-state index in [4.69, 9.17) is 15.6 Å². The van der Waals surface area contributed by atoms with Crippen LogP contribution in [0.4, 0.5) is 4.79 Å². The topological polar surface area (TPSA) is 122 Å². The SMILES string of the molecule is C=C(/C=C\C=C(/C)C(=N)N(C=N)C(C)C)NC(=O)c1cc2c(cn1)CCN(C(=O)OCC)C2.[HH]. The van der Waals surface area contributed by atoms with Crippen LogP contribution in [0.25, 0.3) is 0 Å². The largest absolute Gasteiger partial charge is 0.450 e. The van der Waals surface area contributed by atoms with Crippen molar-refractivity contribution in [2.75, 3.05) is 13.2 Å². The lowest BCUT2D eigenvalue weighted by molar-refractivity contribution is 0.0962. The Balaban J connectivity index is 0.00000578. The second-order valence-corrected chi connectivity index (χ2v) is 7.88. The third kappa shape index (κ3) is 6.86. The van der Waals surface area contributed by atoms with Gasteiger partial charge in [0, 0.05) is 32.5 Å². The Labute approximate surface area is 196 Å². The molecule has 0 saturated heterocycles. The summed E-state index contributed by atoms with van der Waals surface area (Å²) in [6.07, 6.45) is 8.13. The fourth-order valence-electron chi connectivity index (χ4n) is 3.25. The van der Waals surface area contributed by atoms with E-state index in [9.17, 15) is 9.59 Å². The molecule has 178 valence electrons. The molecule has 0 unspecified atom stereocenters. The molecule has 3 N–H and O–H groups in total. The minimum absolute atomic E-state index is 0. The van der Waals surface area contributed by atoms with Gasteiger partial charge in [-0.2, -0.15) is 0 Å². The Morgan fingerprint density at radius 3 is 2.79 bits per heavy atom. The zero-order valence-corrected chi connectivity index (χ0v) is 19.6. The van der Waals surface area contributed by atoms with Crippen LogP contribution in [0.15, 0.2) is 48.3 Å². The molecule has 1 aliphatic heterocycles. The molecule has 1 aliphatic rings. The van der Waals surface area contributed by atoms with Gasteiger partial charge in [0.1, 0.15) is 11.5 Å². The number of hydrogen-bond acceptors (Lipinski definition) is 6. The monoisotopic (exact) mass is 454 g/mol. The molecule has 9 nitrogen and oxygen atoms in total.